The normalized spacial score (nSPS) is 12.3. The molecule has 0 atom stereocenters. The van der Waals surface area contributed by atoms with Crippen LogP contribution in [0.2, 0.25) is 5.02 Å². The van der Waals surface area contributed by atoms with Crippen LogP contribution in [0.25, 0.3) is 10.2 Å². The molecule has 0 bridgehead atoms. The molecule has 28 heavy (non-hydrogen) atoms. The summed E-state index contributed by atoms with van der Waals surface area (Å²) < 4.78 is 30.5. The number of hydrogen-bond acceptors (Lipinski definition) is 6. The van der Waals surface area contributed by atoms with E-state index in [0.717, 1.165) is 11.0 Å². The van der Waals surface area contributed by atoms with Crippen molar-refractivity contribution in [3.8, 4) is 0 Å². The van der Waals surface area contributed by atoms with Gasteiger partial charge in [0.1, 0.15) is 6.54 Å². The lowest BCUT2D eigenvalue weighted by atomic mass is 10.2. The van der Waals surface area contributed by atoms with Gasteiger partial charge in [0.25, 0.3) is 5.91 Å². The van der Waals surface area contributed by atoms with Crippen molar-refractivity contribution in [1.82, 2.24) is 4.57 Å². The third kappa shape index (κ3) is 4.32. The van der Waals surface area contributed by atoms with Gasteiger partial charge in [0, 0.05) is 16.8 Å². The lowest BCUT2D eigenvalue weighted by Crippen LogP contribution is -2.22. The number of esters is 1. The van der Waals surface area contributed by atoms with E-state index in [1.165, 1.54) is 42.7 Å². The Morgan fingerprint density at radius 1 is 1.21 bits per heavy atom. The molecule has 0 aliphatic heterocycles. The van der Waals surface area contributed by atoms with Gasteiger partial charge in [0.2, 0.25) is 0 Å². The summed E-state index contributed by atoms with van der Waals surface area (Å²) in [6, 6.07) is 10.8. The van der Waals surface area contributed by atoms with Crippen LogP contribution in [0.1, 0.15) is 10.4 Å². The molecule has 2 aromatic carbocycles. The number of sulfone groups is 1. The van der Waals surface area contributed by atoms with E-state index >= 15 is 0 Å². The minimum Gasteiger partial charge on any atom is -0.468 e. The Kier molecular flexibility index (Phi) is 5.69. The smallest absolute Gasteiger partial charge is 0.325 e. The maximum absolute atomic E-state index is 12.6. The number of amides is 1. The molecule has 3 rings (SSSR count). The molecule has 0 saturated heterocycles. The summed E-state index contributed by atoms with van der Waals surface area (Å²) in [7, 11) is -2.19. The van der Waals surface area contributed by atoms with Gasteiger partial charge in [0.15, 0.2) is 14.6 Å². The Labute approximate surface area is 169 Å². The summed E-state index contributed by atoms with van der Waals surface area (Å²) in [5, 5.41) is 0.512. The fraction of sp³-hybridized carbons (Fsp3) is 0.167. The molecule has 0 unspecified atom stereocenters. The Balaban J connectivity index is 2.14. The van der Waals surface area contributed by atoms with Gasteiger partial charge in [-0.1, -0.05) is 29.0 Å². The van der Waals surface area contributed by atoms with Crippen molar-refractivity contribution in [2.45, 2.75) is 11.4 Å². The molecule has 7 nitrogen and oxygen atoms in total. The van der Waals surface area contributed by atoms with E-state index in [4.69, 9.17) is 16.3 Å². The van der Waals surface area contributed by atoms with Crippen LogP contribution >= 0.6 is 22.9 Å². The minimum absolute atomic E-state index is 0.0270. The van der Waals surface area contributed by atoms with Crippen molar-refractivity contribution in [2.75, 3.05) is 13.4 Å². The van der Waals surface area contributed by atoms with Gasteiger partial charge < -0.3 is 9.30 Å². The minimum atomic E-state index is -3.46. The summed E-state index contributed by atoms with van der Waals surface area (Å²) in [5.74, 6) is -1.12. The van der Waals surface area contributed by atoms with E-state index in [0.29, 0.717) is 10.5 Å². The second-order valence-corrected chi connectivity index (χ2v) is 9.34. The summed E-state index contributed by atoms with van der Waals surface area (Å²) in [5.41, 5.74) is 0.805. The first-order chi connectivity index (χ1) is 13.2. The number of carbonyl (C=O) groups is 2. The third-order valence-corrected chi connectivity index (χ3v) is 6.25. The maximum Gasteiger partial charge on any atom is 0.325 e. The Bertz CT molecular complexity index is 1260. The van der Waals surface area contributed by atoms with Crippen LogP contribution in [0, 0.1) is 0 Å². The SMILES string of the molecule is COC(=O)Cn1c(=NC(=O)c2cccc(S(C)(=O)=O)c2)sc2cc(Cl)ccc21. The quantitative estimate of drug-likeness (QED) is 0.583. The summed E-state index contributed by atoms with van der Waals surface area (Å²) in [4.78, 5) is 28.8. The first-order valence-electron chi connectivity index (χ1n) is 7.94. The molecule has 0 aliphatic rings. The number of aromatic nitrogens is 1. The molecular weight excluding hydrogens is 424 g/mol. The molecule has 0 N–H and O–H groups in total. The third-order valence-electron chi connectivity index (χ3n) is 3.87. The number of hydrogen-bond donors (Lipinski definition) is 0. The summed E-state index contributed by atoms with van der Waals surface area (Å²) in [6.45, 7) is -0.131. The van der Waals surface area contributed by atoms with Crippen molar-refractivity contribution in [3.05, 3.63) is 57.9 Å². The fourth-order valence-corrected chi connectivity index (χ4v) is 4.46. The lowest BCUT2D eigenvalue weighted by molar-refractivity contribution is -0.141. The van der Waals surface area contributed by atoms with Gasteiger partial charge in [-0.3, -0.25) is 9.59 Å². The molecule has 1 heterocycles. The second-order valence-electron chi connectivity index (χ2n) is 5.88. The molecule has 146 valence electrons. The van der Waals surface area contributed by atoms with Crippen LogP contribution in [0.15, 0.2) is 52.4 Å². The number of nitrogens with zero attached hydrogens (tertiary/aromatic N) is 2. The first kappa shape index (κ1) is 20.2. The molecule has 0 fully saturated rings. The molecule has 0 saturated carbocycles. The average molecular weight is 439 g/mol. The van der Waals surface area contributed by atoms with Gasteiger partial charge in [0.05, 0.1) is 22.2 Å². The molecule has 0 aliphatic carbocycles. The van der Waals surface area contributed by atoms with E-state index in [1.807, 2.05) is 0 Å². The molecule has 0 spiro atoms. The van der Waals surface area contributed by atoms with E-state index in [9.17, 15) is 18.0 Å². The fourth-order valence-electron chi connectivity index (χ4n) is 2.49. The number of ether oxygens (including phenoxy) is 1. The molecule has 1 aromatic heterocycles. The predicted octanol–water partition coefficient (Wildman–Crippen LogP) is 2.67. The molecule has 10 heteroatoms. The summed E-state index contributed by atoms with van der Waals surface area (Å²) in [6.07, 6.45) is 1.06. The Morgan fingerprint density at radius 3 is 2.64 bits per heavy atom. The van der Waals surface area contributed by atoms with Crippen LogP contribution in [0.5, 0.6) is 0 Å². The lowest BCUT2D eigenvalue weighted by Gasteiger charge is -2.04. The predicted molar refractivity (Wildman–Crippen MR) is 106 cm³/mol. The number of methoxy groups -OCH3 is 1. The van der Waals surface area contributed by atoms with Crippen LogP contribution < -0.4 is 4.80 Å². The molecule has 0 radical (unpaired) electrons. The highest BCUT2D eigenvalue weighted by Crippen LogP contribution is 2.22. The zero-order chi connectivity index (χ0) is 20.5. The van der Waals surface area contributed by atoms with Crippen molar-refractivity contribution < 1.29 is 22.7 Å². The number of fused-ring (bicyclic) bond motifs is 1. The van der Waals surface area contributed by atoms with E-state index in [-0.39, 0.29) is 21.8 Å². The number of rotatable bonds is 4. The largest absolute Gasteiger partial charge is 0.468 e. The van der Waals surface area contributed by atoms with Gasteiger partial charge in [-0.15, -0.1) is 0 Å². The van der Waals surface area contributed by atoms with Crippen molar-refractivity contribution >= 4 is 54.9 Å². The van der Waals surface area contributed by atoms with Gasteiger partial charge in [-0.05, 0) is 36.4 Å². The van der Waals surface area contributed by atoms with Crippen LogP contribution in [-0.4, -0.2) is 38.2 Å². The summed E-state index contributed by atoms with van der Waals surface area (Å²) >= 11 is 7.21. The van der Waals surface area contributed by atoms with E-state index in [1.54, 1.807) is 22.8 Å². The number of halogens is 1. The van der Waals surface area contributed by atoms with Gasteiger partial charge in [-0.2, -0.15) is 4.99 Å². The highest BCUT2D eigenvalue weighted by atomic mass is 35.5. The molecule has 3 aromatic rings. The topological polar surface area (TPSA) is 94.8 Å². The highest BCUT2D eigenvalue weighted by Gasteiger charge is 2.14. The maximum atomic E-state index is 12.6. The zero-order valence-corrected chi connectivity index (χ0v) is 17.3. The second kappa shape index (κ2) is 7.86. The van der Waals surface area contributed by atoms with E-state index in [2.05, 4.69) is 4.99 Å². The number of carbonyl (C=O) groups excluding carboxylic acids is 2. The number of benzene rings is 2. The van der Waals surface area contributed by atoms with Crippen LogP contribution in [0.4, 0.5) is 0 Å². The Hall–Kier alpha value is -2.49. The molecular formula is C18H15ClN2O5S2. The highest BCUT2D eigenvalue weighted by molar-refractivity contribution is 7.90. The average Bonchev–Trinajstić information content (AvgIpc) is 2.97. The Morgan fingerprint density at radius 2 is 1.96 bits per heavy atom. The van der Waals surface area contributed by atoms with Crippen molar-refractivity contribution in [1.29, 1.82) is 0 Å². The standard InChI is InChI=1S/C18H15ClN2O5S2/c1-26-16(22)10-21-14-7-6-12(19)9-15(14)27-18(21)20-17(23)11-4-3-5-13(8-11)28(2,24)25/h3-9H,10H2,1-2H3. The van der Waals surface area contributed by atoms with Crippen LogP contribution in [0.3, 0.4) is 0 Å². The number of thiazole rings is 1. The first-order valence-corrected chi connectivity index (χ1v) is 11.0. The van der Waals surface area contributed by atoms with Crippen molar-refractivity contribution in [2.24, 2.45) is 4.99 Å². The zero-order valence-electron chi connectivity index (χ0n) is 14.9. The monoisotopic (exact) mass is 438 g/mol. The van der Waals surface area contributed by atoms with Gasteiger partial charge in [-0.25, -0.2) is 8.42 Å². The van der Waals surface area contributed by atoms with Gasteiger partial charge >= 0.3 is 5.97 Å². The van der Waals surface area contributed by atoms with Crippen molar-refractivity contribution in [3.63, 3.8) is 0 Å². The van der Waals surface area contributed by atoms with E-state index < -0.39 is 21.7 Å². The van der Waals surface area contributed by atoms with Crippen LogP contribution in [-0.2, 0) is 25.9 Å². The molecule has 1 amide bonds.